The molecule has 1 aliphatic rings. The fraction of sp³-hybridized carbons (Fsp3) is 0.524. The van der Waals surface area contributed by atoms with Crippen molar-refractivity contribution in [2.45, 2.75) is 24.9 Å². The van der Waals surface area contributed by atoms with Crippen molar-refractivity contribution in [3.8, 4) is 0 Å². The van der Waals surface area contributed by atoms with E-state index in [0.717, 1.165) is 5.56 Å². The molecule has 5 N–H and O–H groups in total. The number of hydrogen-bond acceptors (Lipinski definition) is 7. The average molecular weight is 450 g/mol. The van der Waals surface area contributed by atoms with E-state index in [4.69, 9.17) is 4.74 Å². The van der Waals surface area contributed by atoms with Crippen molar-refractivity contribution < 1.29 is 34.1 Å². The number of aliphatic hydroxyl groups excluding tert-OH is 2. The standard InChI is InChI=1S/C21H30N4O7/c26-13-16(23-18(28)7-6-15-4-2-1-3-5-15)20(30)22-12-19(29)24-17(14-27)21(31)25-8-10-32-11-9-25/h1-5,16-17,26-27H,6-14H2,(H,22,30)(H,23,28)(H,24,29)/t16-,17-/m0/s1. The van der Waals surface area contributed by atoms with Gasteiger partial charge < -0.3 is 35.8 Å². The maximum atomic E-state index is 12.4. The molecule has 11 heteroatoms. The third-order valence-electron chi connectivity index (χ3n) is 4.88. The number of hydrogen-bond donors (Lipinski definition) is 5. The van der Waals surface area contributed by atoms with E-state index in [1.807, 2.05) is 30.3 Å². The van der Waals surface area contributed by atoms with Crippen LogP contribution >= 0.6 is 0 Å². The smallest absolute Gasteiger partial charge is 0.247 e. The van der Waals surface area contributed by atoms with E-state index in [-0.39, 0.29) is 6.42 Å². The molecule has 0 aliphatic carbocycles. The molecule has 4 amide bonds. The second kappa shape index (κ2) is 13.4. The van der Waals surface area contributed by atoms with E-state index < -0.39 is 55.5 Å². The predicted molar refractivity (Wildman–Crippen MR) is 113 cm³/mol. The summed E-state index contributed by atoms with van der Waals surface area (Å²) >= 11 is 0. The molecule has 2 atom stereocenters. The Labute approximate surface area is 186 Å². The quantitative estimate of drug-likeness (QED) is 0.250. The van der Waals surface area contributed by atoms with Crippen LogP contribution in [-0.2, 0) is 30.3 Å². The van der Waals surface area contributed by atoms with Crippen LogP contribution in [0.25, 0.3) is 0 Å². The van der Waals surface area contributed by atoms with Crippen molar-refractivity contribution >= 4 is 23.6 Å². The third kappa shape index (κ3) is 8.25. The molecule has 0 saturated carbocycles. The zero-order chi connectivity index (χ0) is 23.3. The summed E-state index contributed by atoms with van der Waals surface area (Å²) in [5, 5.41) is 26.0. The predicted octanol–water partition coefficient (Wildman–Crippen LogP) is -2.45. The van der Waals surface area contributed by atoms with Crippen LogP contribution in [-0.4, -0.2) is 96.9 Å². The van der Waals surface area contributed by atoms with Crippen molar-refractivity contribution in [3.05, 3.63) is 35.9 Å². The van der Waals surface area contributed by atoms with Gasteiger partial charge in [-0.25, -0.2) is 0 Å². The first kappa shape index (κ1) is 25.2. The van der Waals surface area contributed by atoms with Crippen LogP contribution in [0.4, 0.5) is 0 Å². The molecular formula is C21H30N4O7. The highest BCUT2D eigenvalue weighted by molar-refractivity contribution is 5.92. The zero-order valence-corrected chi connectivity index (χ0v) is 17.8. The Kier molecular flexibility index (Phi) is 10.6. The van der Waals surface area contributed by atoms with Gasteiger partial charge in [0.05, 0.1) is 33.0 Å². The van der Waals surface area contributed by atoms with Gasteiger partial charge in [0.25, 0.3) is 0 Å². The lowest BCUT2D eigenvalue weighted by Crippen LogP contribution is -2.55. The van der Waals surface area contributed by atoms with Crippen LogP contribution in [0.15, 0.2) is 30.3 Å². The topological polar surface area (TPSA) is 157 Å². The number of rotatable bonds is 11. The molecular weight excluding hydrogens is 420 g/mol. The number of nitrogens with one attached hydrogen (secondary N) is 3. The minimum absolute atomic E-state index is 0.135. The Morgan fingerprint density at radius 1 is 0.938 bits per heavy atom. The number of nitrogens with zero attached hydrogens (tertiary/aromatic N) is 1. The summed E-state index contributed by atoms with van der Waals surface area (Å²) in [5.74, 6) is -2.28. The molecule has 0 bridgehead atoms. The molecule has 1 heterocycles. The summed E-state index contributed by atoms with van der Waals surface area (Å²) in [6.07, 6.45) is 0.616. The number of amides is 4. The molecule has 0 aromatic heterocycles. The van der Waals surface area contributed by atoms with Crippen LogP contribution < -0.4 is 16.0 Å². The van der Waals surface area contributed by atoms with Gasteiger partial charge in [-0.3, -0.25) is 19.2 Å². The van der Waals surface area contributed by atoms with Crippen LogP contribution in [0, 0.1) is 0 Å². The van der Waals surface area contributed by atoms with Gasteiger partial charge in [0, 0.05) is 19.5 Å². The van der Waals surface area contributed by atoms with Gasteiger partial charge in [-0.2, -0.15) is 0 Å². The number of morpholine rings is 1. The van der Waals surface area contributed by atoms with E-state index >= 15 is 0 Å². The first-order chi connectivity index (χ1) is 15.4. The third-order valence-corrected chi connectivity index (χ3v) is 4.88. The minimum atomic E-state index is -1.21. The summed E-state index contributed by atoms with van der Waals surface area (Å²) < 4.78 is 5.17. The molecule has 1 aromatic rings. The monoisotopic (exact) mass is 450 g/mol. The molecule has 1 aliphatic heterocycles. The van der Waals surface area contributed by atoms with Crippen LogP contribution in [0.5, 0.6) is 0 Å². The fourth-order valence-corrected chi connectivity index (χ4v) is 3.09. The highest BCUT2D eigenvalue weighted by Gasteiger charge is 2.27. The van der Waals surface area contributed by atoms with Gasteiger partial charge in [-0.05, 0) is 12.0 Å². The van der Waals surface area contributed by atoms with E-state index in [2.05, 4.69) is 16.0 Å². The lowest BCUT2D eigenvalue weighted by atomic mass is 10.1. The zero-order valence-electron chi connectivity index (χ0n) is 17.8. The fourth-order valence-electron chi connectivity index (χ4n) is 3.09. The molecule has 1 saturated heterocycles. The highest BCUT2D eigenvalue weighted by Crippen LogP contribution is 2.03. The first-order valence-electron chi connectivity index (χ1n) is 10.4. The number of carbonyl (C=O) groups is 4. The Bertz CT molecular complexity index is 769. The highest BCUT2D eigenvalue weighted by atomic mass is 16.5. The van der Waals surface area contributed by atoms with Gasteiger partial charge in [-0.15, -0.1) is 0 Å². The maximum absolute atomic E-state index is 12.4. The molecule has 176 valence electrons. The number of aliphatic hydroxyl groups is 2. The Morgan fingerprint density at radius 3 is 2.19 bits per heavy atom. The molecule has 32 heavy (non-hydrogen) atoms. The van der Waals surface area contributed by atoms with Crippen molar-refractivity contribution in [1.82, 2.24) is 20.9 Å². The van der Waals surface area contributed by atoms with Crippen LogP contribution in [0.3, 0.4) is 0 Å². The van der Waals surface area contributed by atoms with E-state index in [9.17, 15) is 29.4 Å². The van der Waals surface area contributed by atoms with Gasteiger partial charge in [0.2, 0.25) is 23.6 Å². The van der Waals surface area contributed by atoms with E-state index in [1.165, 1.54) is 4.90 Å². The summed E-state index contributed by atoms with van der Waals surface area (Å²) in [6.45, 7) is -0.219. The van der Waals surface area contributed by atoms with Gasteiger partial charge in [0.1, 0.15) is 12.1 Å². The summed E-state index contributed by atoms with van der Waals surface area (Å²) in [6, 6.07) is 7.00. The lowest BCUT2D eigenvalue weighted by Gasteiger charge is -2.30. The number of ether oxygens (including phenoxy) is 1. The summed E-state index contributed by atoms with van der Waals surface area (Å²) in [4.78, 5) is 50.3. The molecule has 0 radical (unpaired) electrons. The van der Waals surface area contributed by atoms with Crippen molar-refractivity contribution in [1.29, 1.82) is 0 Å². The summed E-state index contributed by atoms with van der Waals surface area (Å²) in [5.41, 5.74) is 0.967. The molecule has 11 nitrogen and oxygen atoms in total. The van der Waals surface area contributed by atoms with E-state index in [0.29, 0.717) is 32.7 Å². The normalized spacial score (nSPS) is 15.4. The Balaban J connectivity index is 1.75. The first-order valence-corrected chi connectivity index (χ1v) is 10.4. The number of aryl methyl sites for hydroxylation is 1. The lowest BCUT2D eigenvalue weighted by molar-refractivity contribution is -0.141. The number of benzene rings is 1. The average Bonchev–Trinajstić information content (AvgIpc) is 2.83. The molecule has 0 unspecified atom stereocenters. The van der Waals surface area contributed by atoms with Crippen molar-refractivity contribution in [2.24, 2.45) is 0 Å². The van der Waals surface area contributed by atoms with Crippen LogP contribution in [0.1, 0.15) is 12.0 Å². The SMILES string of the molecule is O=C(CCc1ccccc1)N[C@@H](CO)C(=O)NCC(=O)N[C@@H](CO)C(=O)N1CCOCC1. The second-order valence-corrected chi connectivity index (χ2v) is 7.25. The molecule has 2 rings (SSSR count). The van der Waals surface area contributed by atoms with Crippen molar-refractivity contribution in [2.75, 3.05) is 46.1 Å². The van der Waals surface area contributed by atoms with Crippen LogP contribution in [0.2, 0.25) is 0 Å². The Morgan fingerprint density at radius 2 is 1.56 bits per heavy atom. The molecule has 0 spiro atoms. The summed E-state index contributed by atoms with van der Waals surface area (Å²) in [7, 11) is 0. The van der Waals surface area contributed by atoms with Gasteiger partial charge in [0.15, 0.2) is 0 Å². The molecule has 1 aromatic carbocycles. The van der Waals surface area contributed by atoms with E-state index in [1.54, 1.807) is 0 Å². The second-order valence-electron chi connectivity index (χ2n) is 7.25. The van der Waals surface area contributed by atoms with Gasteiger partial charge >= 0.3 is 0 Å². The largest absolute Gasteiger partial charge is 0.394 e. The Hall–Kier alpha value is -3.02. The maximum Gasteiger partial charge on any atom is 0.247 e. The minimum Gasteiger partial charge on any atom is -0.394 e. The number of carbonyl (C=O) groups excluding carboxylic acids is 4. The van der Waals surface area contributed by atoms with Gasteiger partial charge in [-0.1, -0.05) is 30.3 Å². The van der Waals surface area contributed by atoms with Crippen molar-refractivity contribution in [3.63, 3.8) is 0 Å². The molecule has 1 fully saturated rings.